The van der Waals surface area contributed by atoms with Crippen molar-refractivity contribution in [3.05, 3.63) is 62.6 Å². The number of nitrogens with one attached hydrogen (secondary N) is 1. The number of halogens is 2. The summed E-state index contributed by atoms with van der Waals surface area (Å²) in [4.78, 5) is 23.2. The molecule has 0 aromatic heterocycles. The van der Waals surface area contributed by atoms with Crippen LogP contribution in [0.1, 0.15) is 13.3 Å². The van der Waals surface area contributed by atoms with Crippen LogP contribution < -0.4 is 9.62 Å². The van der Waals surface area contributed by atoms with Crippen molar-refractivity contribution in [1.29, 1.82) is 0 Å². The molecule has 0 fully saturated rings. The van der Waals surface area contributed by atoms with Crippen molar-refractivity contribution in [1.82, 2.24) is 0 Å². The maximum atomic E-state index is 12.8. The van der Waals surface area contributed by atoms with Crippen molar-refractivity contribution in [3.63, 3.8) is 0 Å². The van der Waals surface area contributed by atoms with Gasteiger partial charge in [-0.15, -0.1) is 0 Å². The number of carbonyl (C=O) groups excluding carboxylic acids is 1. The first kappa shape index (κ1) is 21.9. The van der Waals surface area contributed by atoms with Gasteiger partial charge in [-0.3, -0.25) is 19.2 Å². The first-order valence-electron chi connectivity index (χ1n) is 8.04. The van der Waals surface area contributed by atoms with Crippen molar-refractivity contribution in [3.8, 4) is 0 Å². The van der Waals surface area contributed by atoms with Gasteiger partial charge in [0.1, 0.15) is 6.04 Å². The van der Waals surface area contributed by atoms with Gasteiger partial charge in [0, 0.05) is 17.8 Å². The summed E-state index contributed by atoms with van der Waals surface area (Å²) in [5.74, 6) is -0.613. The van der Waals surface area contributed by atoms with Gasteiger partial charge in [0.2, 0.25) is 15.9 Å². The molecule has 1 amide bonds. The average Bonchev–Trinajstić information content (AvgIpc) is 2.61. The van der Waals surface area contributed by atoms with Crippen LogP contribution in [0.5, 0.6) is 0 Å². The van der Waals surface area contributed by atoms with Gasteiger partial charge in [-0.2, -0.15) is 0 Å². The summed E-state index contributed by atoms with van der Waals surface area (Å²) in [5.41, 5.74) is 0.0732. The molecule has 0 aliphatic carbocycles. The Morgan fingerprint density at radius 3 is 2.43 bits per heavy atom. The van der Waals surface area contributed by atoms with Crippen LogP contribution in [0.4, 0.5) is 17.1 Å². The van der Waals surface area contributed by atoms with E-state index in [0.29, 0.717) is 10.7 Å². The van der Waals surface area contributed by atoms with E-state index in [4.69, 9.17) is 23.2 Å². The molecule has 2 aromatic carbocycles. The summed E-state index contributed by atoms with van der Waals surface area (Å²) in [6, 6.07) is 8.42. The summed E-state index contributed by atoms with van der Waals surface area (Å²) in [5, 5.41) is 14.2. The van der Waals surface area contributed by atoms with E-state index in [0.717, 1.165) is 16.6 Å². The van der Waals surface area contributed by atoms with Crippen LogP contribution in [-0.4, -0.2) is 31.5 Å². The highest BCUT2D eigenvalue weighted by Crippen LogP contribution is 2.28. The Morgan fingerprint density at radius 2 is 1.89 bits per heavy atom. The minimum Gasteiger partial charge on any atom is -0.324 e. The van der Waals surface area contributed by atoms with E-state index in [1.807, 2.05) is 0 Å². The number of sulfonamides is 1. The Labute approximate surface area is 172 Å². The largest absolute Gasteiger partial charge is 0.324 e. The lowest BCUT2D eigenvalue weighted by molar-refractivity contribution is -0.384. The van der Waals surface area contributed by atoms with Gasteiger partial charge in [-0.25, -0.2) is 8.42 Å². The number of hydrogen-bond acceptors (Lipinski definition) is 5. The smallest absolute Gasteiger partial charge is 0.271 e. The molecule has 0 saturated carbocycles. The van der Waals surface area contributed by atoms with Crippen molar-refractivity contribution in [2.45, 2.75) is 19.4 Å². The molecule has 11 heteroatoms. The maximum Gasteiger partial charge on any atom is 0.271 e. The minimum atomic E-state index is -3.92. The minimum absolute atomic E-state index is 0.0211. The molecule has 0 aliphatic rings. The fourth-order valence-electron chi connectivity index (χ4n) is 2.60. The number of benzene rings is 2. The summed E-state index contributed by atoms with van der Waals surface area (Å²) >= 11 is 11.8. The van der Waals surface area contributed by atoms with Gasteiger partial charge in [0.15, 0.2) is 0 Å². The van der Waals surface area contributed by atoms with Crippen LogP contribution in [0.3, 0.4) is 0 Å². The zero-order chi connectivity index (χ0) is 21.1. The highest BCUT2D eigenvalue weighted by atomic mass is 35.5. The Hall–Kier alpha value is -2.36. The third-order valence-corrected chi connectivity index (χ3v) is 5.73. The molecule has 0 bridgehead atoms. The van der Waals surface area contributed by atoms with Gasteiger partial charge in [-0.05, 0) is 30.7 Å². The molecule has 0 heterocycles. The van der Waals surface area contributed by atoms with Crippen LogP contribution >= 0.6 is 23.2 Å². The Kier molecular flexibility index (Phi) is 6.87. The second kappa shape index (κ2) is 8.76. The third kappa shape index (κ3) is 5.12. The third-order valence-electron chi connectivity index (χ3n) is 3.81. The van der Waals surface area contributed by atoms with Crippen molar-refractivity contribution >= 4 is 56.2 Å². The molecule has 2 aromatic rings. The lowest BCUT2D eigenvalue weighted by Gasteiger charge is -2.30. The lowest BCUT2D eigenvalue weighted by atomic mass is 10.1. The molecule has 0 radical (unpaired) electrons. The Balaban J connectivity index is 2.42. The highest BCUT2D eigenvalue weighted by Gasteiger charge is 2.32. The molecule has 150 valence electrons. The van der Waals surface area contributed by atoms with Gasteiger partial charge in [0.05, 0.1) is 26.9 Å². The van der Waals surface area contributed by atoms with Crippen LogP contribution in [0.2, 0.25) is 10.0 Å². The summed E-state index contributed by atoms with van der Waals surface area (Å²) < 4.78 is 25.7. The topological polar surface area (TPSA) is 110 Å². The van der Waals surface area contributed by atoms with E-state index in [1.165, 1.54) is 36.4 Å². The molecule has 0 aliphatic heterocycles. The van der Waals surface area contributed by atoms with Gasteiger partial charge < -0.3 is 5.32 Å². The molecule has 1 atom stereocenters. The molecule has 8 nitrogen and oxygen atoms in total. The Morgan fingerprint density at radius 1 is 1.21 bits per heavy atom. The van der Waals surface area contributed by atoms with Crippen LogP contribution in [0.15, 0.2) is 42.5 Å². The van der Waals surface area contributed by atoms with Crippen LogP contribution in [-0.2, 0) is 14.8 Å². The fourth-order valence-corrected chi connectivity index (χ4v) is 4.11. The van der Waals surface area contributed by atoms with Crippen molar-refractivity contribution in [2.24, 2.45) is 0 Å². The Bertz CT molecular complexity index is 1010. The maximum absolute atomic E-state index is 12.8. The molecule has 1 N–H and O–H groups in total. The molecule has 2 rings (SSSR count). The normalized spacial score (nSPS) is 12.3. The molecule has 28 heavy (non-hydrogen) atoms. The molecular weight excluding hydrogens is 429 g/mol. The highest BCUT2D eigenvalue weighted by molar-refractivity contribution is 7.92. The first-order chi connectivity index (χ1) is 13.0. The summed E-state index contributed by atoms with van der Waals surface area (Å²) in [6.07, 6.45) is 1.06. The summed E-state index contributed by atoms with van der Waals surface area (Å²) in [7, 11) is -3.92. The van der Waals surface area contributed by atoms with Crippen molar-refractivity contribution < 1.29 is 18.1 Å². The number of nitro groups is 1. The molecule has 0 spiro atoms. The number of amides is 1. The fraction of sp³-hybridized carbons (Fsp3) is 0.235. The van der Waals surface area contributed by atoms with E-state index in [1.54, 1.807) is 6.92 Å². The number of hydrogen-bond donors (Lipinski definition) is 1. The van der Waals surface area contributed by atoms with E-state index in [2.05, 4.69) is 5.32 Å². The SMILES string of the molecule is CCC(C(=O)Nc1ccc(Cl)c(Cl)c1)N(c1cccc([N+](=O)[O-])c1)S(C)(=O)=O. The standard InChI is InChI=1S/C17H17Cl2N3O5S/c1-3-16(17(23)20-11-7-8-14(18)15(19)9-11)21(28(2,26)27)12-5-4-6-13(10-12)22(24)25/h4-10,16H,3H2,1-2H3,(H,20,23). The summed E-state index contributed by atoms with van der Waals surface area (Å²) in [6.45, 7) is 1.63. The van der Waals surface area contributed by atoms with Crippen LogP contribution in [0.25, 0.3) is 0 Å². The average molecular weight is 446 g/mol. The predicted octanol–water partition coefficient (Wildman–Crippen LogP) is 4.08. The number of nitrogens with zero attached hydrogens (tertiary/aromatic N) is 2. The number of non-ortho nitro benzene ring substituents is 1. The lowest BCUT2D eigenvalue weighted by Crippen LogP contribution is -2.47. The van der Waals surface area contributed by atoms with Crippen LogP contribution in [0, 0.1) is 10.1 Å². The monoisotopic (exact) mass is 445 g/mol. The van der Waals surface area contributed by atoms with Gasteiger partial charge in [0.25, 0.3) is 5.69 Å². The first-order valence-corrected chi connectivity index (χ1v) is 10.6. The predicted molar refractivity (Wildman–Crippen MR) is 110 cm³/mol. The number of anilines is 2. The molecule has 0 saturated heterocycles. The van der Waals surface area contributed by atoms with Gasteiger partial charge >= 0.3 is 0 Å². The van der Waals surface area contributed by atoms with E-state index in [9.17, 15) is 23.3 Å². The van der Waals surface area contributed by atoms with E-state index >= 15 is 0 Å². The van der Waals surface area contributed by atoms with E-state index in [-0.39, 0.29) is 22.8 Å². The second-order valence-electron chi connectivity index (χ2n) is 5.88. The van der Waals surface area contributed by atoms with Crippen molar-refractivity contribution in [2.75, 3.05) is 15.9 Å². The number of nitro benzene ring substituents is 1. The van der Waals surface area contributed by atoms with Gasteiger partial charge in [-0.1, -0.05) is 36.2 Å². The zero-order valence-electron chi connectivity index (χ0n) is 14.9. The quantitative estimate of drug-likeness (QED) is 0.509. The molecule has 1 unspecified atom stereocenters. The number of rotatable bonds is 7. The second-order valence-corrected chi connectivity index (χ2v) is 8.55. The molecular formula is C17H17Cl2N3O5S. The van der Waals surface area contributed by atoms with E-state index < -0.39 is 26.9 Å². The number of carbonyl (C=O) groups is 1. The zero-order valence-corrected chi connectivity index (χ0v) is 17.3.